The van der Waals surface area contributed by atoms with Crippen LogP contribution in [0.1, 0.15) is 45.4 Å². The summed E-state index contributed by atoms with van der Waals surface area (Å²) < 4.78 is 10.3. The normalized spacial score (nSPS) is 20.2. The maximum Gasteiger partial charge on any atom is 0.305 e. The summed E-state index contributed by atoms with van der Waals surface area (Å²) in [4.78, 5) is 11.4. The monoisotopic (exact) mass is 243 g/mol. The first-order chi connectivity index (χ1) is 8.33. The number of hydrogen-bond acceptors (Lipinski definition) is 4. The molecule has 1 saturated heterocycles. The molecule has 1 aliphatic heterocycles. The number of hydrogen-bond donors (Lipinski definition) is 1. The van der Waals surface area contributed by atoms with Crippen molar-refractivity contribution in [2.24, 2.45) is 0 Å². The highest BCUT2D eigenvalue weighted by Crippen LogP contribution is 2.11. The fourth-order valence-electron chi connectivity index (χ4n) is 2.00. The van der Waals surface area contributed by atoms with Crippen LogP contribution in [0.3, 0.4) is 0 Å². The molecule has 0 saturated carbocycles. The van der Waals surface area contributed by atoms with Gasteiger partial charge in [0.25, 0.3) is 0 Å². The molecule has 1 atom stereocenters. The Kier molecular flexibility index (Phi) is 8.01. The van der Waals surface area contributed by atoms with E-state index in [-0.39, 0.29) is 5.97 Å². The van der Waals surface area contributed by atoms with E-state index in [0.717, 1.165) is 26.0 Å². The second-order valence-corrected chi connectivity index (χ2v) is 4.52. The van der Waals surface area contributed by atoms with Crippen LogP contribution in [0.2, 0.25) is 0 Å². The predicted molar refractivity (Wildman–Crippen MR) is 66.9 cm³/mol. The standard InChI is InChI=1S/C13H25NO3/c1-2-9-16-10-11-17-13(15)7-6-12-5-3-4-8-14-12/h12,14H,2-11H2,1H3. The molecule has 0 radical (unpaired) electrons. The average Bonchev–Trinajstić information content (AvgIpc) is 2.37. The fourth-order valence-corrected chi connectivity index (χ4v) is 2.00. The first-order valence-electron chi connectivity index (χ1n) is 6.79. The molecule has 100 valence electrons. The minimum Gasteiger partial charge on any atom is -0.463 e. The van der Waals surface area contributed by atoms with Crippen molar-refractivity contribution < 1.29 is 14.3 Å². The summed E-state index contributed by atoms with van der Waals surface area (Å²) in [7, 11) is 0. The van der Waals surface area contributed by atoms with Gasteiger partial charge in [-0.15, -0.1) is 0 Å². The van der Waals surface area contributed by atoms with Crippen LogP contribution in [0.25, 0.3) is 0 Å². The summed E-state index contributed by atoms with van der Waals surface area (Å²) in [6.45, 7) is 4.79. The van der Waals surface area contributed by atoms with E-state index < -0.39 is 0 Å². The largest absolute Gasteiger partial charge is 0.463 e. The van der Waals surface area contributed by atoms with Crippen LogP contribution in [-0.4, -0.2) is 38.4 Å². The Bertz CT molecular complexity index is 203. The van der Waals surface area contributed by atoms with Gasteiger partial charge in [-0.3, -0.25) is 4.79 Å². The Morgan fingerprint density at radius 2 is 2.18 bits per heavy atom. The summed E-state index contributed by atoms with van der Waals surface area (Å²) in [6.07, 6.45) is 6.14. The van der Waals surface area contributed by atoms with Crippen LogP contribution >= 0.6 is 0 Å². The Balaban J connectivity index is 1.93. The average molecular weight is 243 g/mol. The highest BCUT2D eigenvalue weighted by molar-refractivity contribution is 5.69. The number of ether oxygens (including phenoxy) is 2. The van der Waals surface area contributed by atoms with Gasteiger partial charge >= 0.3 is 5.97 Å². The third-order valence-corrected chi connectivity index (χ3v) is 2.95. The molecule has 0 aromatic heterocycles. The Hall–Kier alpha value is -0.610. The van der Waals surface area contributed by atoms with Gasteiger partial charge in [0.1, 0.15) is 6.61 Å². The minimum atomic E-state index is -0.0996. The third kappa shape index (κ3) is 7.34. The molecule has 1 fully saturated rings. The molecule has 0 aliphatic carbocycles. The van der Waals surface area contributed by atoms with Crippen molar-refractivity contribution in [3.8, 4) is 0 Å². The van der Waals surface area contributed by atoms with Crippen LogP contribution in [0, 0.1) is 0 Å². The van der Waals surface area contributed by atoms with Crippen molar-refractivity contribution in [2.75, 3.05) is 26.4 Å². The molecule has 0 bridgehead atoms. The number of carbonyl (C=O) groups is 1. The van der Waals surface area contributed by atoms with Crippen molar-refractivity contribution in [3.05, 3.63) is 0 Å². The molecule has 1 aliphatic rings. The van der Waals surface area contributed by atoms with Crippen molar-refractivity contribution in [3.63, 3.8) is 0 Å². The third-order valence-electron chi connectivity index (χ3n) is 2.95. The quantitative estimate of drug-likeness (QED) is 0.522. The summed E-state index contributed by atoms with van der Waals surface area (Å²) in [5.41, 5.74) is 0. The summed E-state index contributed by atoms with van der Waals surface area (Å²) in [5.74, 6) is -0.0996. The van der Waals surface area contributed by atoms with Crippen LogP contribution in [0.4, 0.5) is 0 Å². The topological polar surface area (TPSA) is 47.6 Å². The molecular formula is C13H25NO3. The van der Waals surface area contributed by atoms with Crippen molar-refractivity contribution in [1.82, 2.24) is 5.32 Å². The highest BCUT2D eigenvalue weighted by atomic mass is 16.6. The van der Waals surface area contributed by atoms with Gasteiger partial charge in [0.05, 0.1) is 6.61 Å². The molecule has 0 spiro atoms. The van der Waals surface area contributed by atoms with Gasteiger partial charge in [0.2, 0.25) is 0 Å². The molecule has 0 aromatic carbocycles. The molecule has 1 N–H and O–H groups in total. The highest BCUT2D eigenvalue weighted by Gasteiger charge is 2.14. The zero-order chi connectivity index (χ0) is 12.3. The minimum absolute atomic E-state index is 0.0996. The number of nitrogens with one attached hydrogen (secondary N) is 1. The van der Waals surface area contributed by atoms with Gasteiger partial charge in [0, 0.05) is 19.1 Å². The zero-order valence-corrected chi connectivity index (χ0v) is 10.9. The lowest BCUT2D eigenvalue weighted by molar-refractivity contribution is -0.145. The van der Waals surface area contributed by atoms with E-state index >= 15 is 0 Å². The lowest BCUT2D eigenvalue weighted by Gasteiger charge is -2.22. The number of esters is 1. The van der Waals surface area contributed by atoms with E-state index in [1.807, 2.05) is 0 Å². The van der Waals surface area contributed by atoms with E-state index in [4.69, 9.17) is 9.47 Å². The first-order valence-corrected chi connectivity index (χ1v) is 6.79. The fraction of sp³-hybridized carbons (Fsp3) is 0.923. The van der Waals surface area contributed by atoms with Crippen molar-refractivity contribution in [2.45, 2.75) is 51.5 Å². The second-order valence-electron chi connectivity index (χ2n) is 4.52. The zero-order valence-electron chi connectivity index (χ0n) is 10.9. The number of rotatable bonds is 8. The van der Waals surface area contributed by atoms with Gasteiger partial charge in [-0.25, -0.2) is 0 Å². The van der Waals surface area contributed by atoms with E-state index in [1.54, 1.807) is 0 Å². The second kappa shape index (κ2) is 9.42. The predicted octanol–water partition coefficient (Wildman–Crippen LogP) is 1.88. The van der Waals surface area contributed by atoms with Crippen molar-refractivity contribution in [1.29, 1.82) is 0 Å². The Labute approximate surface area is 104 Å². The molecule has 1 heterocycles. The molecule has 0 aromatic rings. The molecule has 4 heteroatoms. The van der Waals surface area contributed by atoms with Crippen molar-refractivity contribution >= 4 is 5.97 Å². The van der Waals surface area contributed by atoms with E-state index in [9.17, 15) is 4.79 Å². The molecule has 4 nitrogen and oxygen atoms in total. The summed E-state index contributed by atoms with van der Waals surface area (Å²) >= 11 is 0. The van der Waals surface area contributed by atoms with Gasteiger partial charge in [0.15, 0.2) is 0 Å². The van der Waals surface area contributed by atoms with Crippen LogP contribution < -0.4 is 5.32 Å². The molecule has 0 amide bonds. The summed E-state index contributed by atoms with van der Waals surface area (Å²) in [5, 5.41) is 3.43. The van der Waals surface area contributed by atoms with Crippen LogP contribution in [0.5, 0.6) is 0 Å². The van der Waals surface area contributed by atoms with Gasteiger partial charge in [-0.1, -0.05) is 13.3 Å². The van der Waals surface area contributed by atoms with E-state index in [0.29, 0.717) is 25.7 Å². The summed E-state index contributed by atoms with van der Waals surface area (Å²) in [6, 6.07) is 0.507. The Morgan fingerprint density at radius 3 is 2.88 bits per heavy atom. The lowest BCUT2D eigenvalue weighted by Crippen LogP contribution is -2.34. The van der Waals surface area contributed by atoms with Gasteiger partial charge in [-0.05, 0) is 32.2 Å². The van der Waals surface area contributed by atoms with Gasteiger partial charge < -0.3 is 14.8 Å². The maximum atomic E-state index is 11.4. The first kappa shape index (κ1) is 14.5. The van der Waals surface area contributed by atoms with Crippen LogP contribution in [-0.2, 0) is 14.3 Å². The SMILES string of the molecule is CCCOCCOC(=O)CCC1CCCCN1. The van der Waals surface area contributed by atoms with Crippen LogP contribution in [0.15, 0.2) is 0 Å². The smallest absolute Gasteiger partial charge is 0.305 e. The van der Waals surface area contributed by atoms with Gasteiger partial charge in [-0.2, -0.15) is 0 Å². The molecule has 1 unspecified atom stereocenters. The number of carbonyl (C=O) groups excluding carboxylic acids is 1. The maximum absolute atomic E-state index is 11.4. The van der Waals surface area contributed by atoms with E-state index in [2.05, 4.69) is 12.2 Å². The Morgan fingerprint density at radius 1 is 1.29 bits per heavy atom. The number of piperidine rings is 1. The molecule has 1 rings (SSSR count). The molecular weight excluding hydrogens is 218 g/mol. The molecule has 17 heavy (non-hydrogen) atoms. The lowest BCUT2D eigenvalue weighted by atomic mass is 10.0. The van der Waals surface area contributed by atoms with E-state index in [1.165, 1.54) is 19.3 Å².